The van der Waals surface area contributed by atoms with Gasteiger partial charge in [-0.3, -0.25) is 0 Å². The molecule has 0 aliphatic rings. The highest BCUT2D eigenvalue weighted by molar-refractivity contribution is 5.98. The second-order valence-electron chi connectivity index (χ2n) is 5.71. The van der Waals surface area contributed by atoms with E-state index in [0.717, 1.165) is 16.8 Å². The Bertz CT molecular complexity index is 577. The van der Waals surface area contributed by atoms with Crippen LogP contribution in [0.4, 0.5) is 11.4 Å². The van der Waals surface area contributed by atoms with Gasteiger partial charge in [0.15, 0.2) is 0 Å². The van der Waals surface area contributed by atoms with Crippen LogP contribution in [0.2, 0.25) is 0 Å². The number of nitrogens with two attached hydrogens (primary N) is 2. The van der Waals surface area contributed by atoms with Crippen molar-refractivity contribution in [2.75, 3.05) is 11.5 Å². The van der Waals surface area contributed by atoms with Gasteiger partial charge in [0.2, 0.25) is 0 Å². The Morgan fingerprint density at radius 1 is 0.941 bits per heavy atom. The van der Waals surface area contributed by atoms with Gasteiger partial charge in [-0.15, -0.1) is 0 Å². The molecule has 0 aliphatic heterocycles. The Hall–Kier alpha value is -1.70. The monoisotopic (exact) mass is 228 g/mol. The van der Waals surface area contributed by atoms with E-state index < -0.39 is 0 Å². The maximum absolute atomic E-state index is 6.04. The summed E-state index contributed by atoms with van der Waals surface area (Å²) in [5.41, 5.74) is 16.1. The summed E-state index contributed by atoms with van der Waals surface area (Å²) in [5, 5.41) is 2.27. The third-order valence-electron chi connectivity index (χ3n) is 3.15. The zero-order chi connectivity index (χ0) is 12.8. The van der Waals surface area contributed by atoms with Crippen molar-refractivity contribution in [3.05, 3.63) is 35.4 Å². The van der Waals surface area contributed by atoms with Crippen LogP contribution in [0.1, 0.15) is 31.9 Å². The molecule has 2 aromatic rings. The van der Waals surface area contributed by atoms with Crippen molar-refractivity contribution in [2.24, 2.45) is 0 Å². The summed E-state index contributed by atoms with van der Waals surface area (Å²) in [6.45, 7) is 8.79. The van der Waals surface area contributed by atoms with Crippen LogP contribution < -0.4 is 11.5 Å². The average Bonchev–Trinajstić information content (AvgIpc) is 2.13. The second-order valence-corrected chi connectivity index (χ2v) is 5.71. The number of anilines is 2. The fourth-order valence-corrected chi connectivity index (χ4v) is 2.59. The van der Waals surface area contributed by atoms with E-state index in [1.807, 2.05) is 12.1 Å². The van der Waals surface area contributed by atoms with Crippen molar-refractivity contribution < 1.29 is 0 Å². The molecular formula is C15H20N2. The molecule has 0 heterocycles. The van der Waals surface area contributed by atoms with Gasteiger partial charge in [0.1, 0.15) is 0 Å². The number of hydrogen-bond acceptors (Lipinski definition) is 2. The molecule has 2 rings (SSSR count). The van der Waals surface area contributed by atoms with E-state index in [2.05, 4.69) is 39.8 Å². The molecule has 0 radical (unpaired) electrons. The van der Waals surface area contributed by atoms with E-state index in [-0.39, 0.29) is 5.41 Å². The smallest absolute Gasteiger partial charge is 0.0414 e. The minimum absolute atomic E-state index is 0.0871. The lowest BCUT2D eigenvalue weighted by atomic mass is 9.80. The number of rotatable bonds is 0. The molecule has 2 nitrogen and oxygen atoms in total. The lowest BCUT2D eigenvalue weighted by molar-refractivity contribution is 0.592. The summed E-state index contributed by atoms with van der Waals surface area (Å²) >= 11 is 0. The van der Waals surface area contributed by atoms with Crippen LogP contribution >= 0.6 is 0 Å². The van der Waals surface area contributed by atoms with Crippen molar-refractivity contribution in [3.8, 4) is 0 Å². The average molecular weight is 228 g/mol. The van der Waals surface area contributed by atoms with Crippen molar-refractivity contribution in [1.82, 2.24) is 0 Å². The van der Waals surface area contributed by atoms with Gasteiger partial charge in [-0.05, 0) is 41.0 Å². The van der Waals surface area contributed by atoms with Crippen LogP contribution in [0, 0.1) is 6.92 Å². The standard InChI is InChI=1S/C15H20N2/c1-9-5-6-11-12(14(9)15(2,3)4)7-10(16)8-13(11)17/h5-8H,16-17H2,1-4H3. The van der Waals surface area contributed by atoms with Crippen LogP contribution in [0.3, 0.4) is 0 Å². The molecule has 2 aromatic carbocycles. The molecule has 0 unspecified atom stereocenters. The van der Waals surface area contributed by atoms with Gasteiger partial charge in [0.25, 0.3) is 0 Å². The van der Waals surface area contributed by atoms with Gasteiger partial charge in [0, 0.05) is 16.8 Å². The number of hydrogen-bond donors (Lipinski definition) is 2. The highest BCUT2D eigenvalue weighted by Gasteiger charge is 2.20. The van der Waals surface area contributed by atoms with E-state index in [1.54, 1.807) is 0 Å². The Labute approximate surface area is 103 Å². The maximum Gasteiger partial charge on any atom is 0.0414 e. The first kappa shape index (κ1) is 11.8. The molecule has 17 heavy (non-hydrogen) atoms. The first-order valence-corrected chi connectivity index (χ1v) is 5.89. The molecule has 4 N–H and O–H groups in total. The fraction of sp³-hybridized carbons (Fsp3) is 0.333. The Morgan fingerprint density at radius 3 is 2.18 bits per heavy atom. The summed E-state index contributed by atoms with van der Waals surface area (Å²) < 4.78 is 0. The zero-order valence-electron chi connectivity index (χ0n) is 11.0. The van der Waals surface area contributed by atoms with Crippen LogP contribution in [0.15, 0.2) is 24.3 Å². The predicted octanol–water partition coefficient (Wildman–Crippen LogP) is 3.61. The van der Waals surface area contributed by atoms with Crippen molar-refractivity contribution in [1.29, 1.82) is 0 Å². The van der Waals surface area contributed by atoms with E-state index in [1.165, 1.54) is 16.5 Å². The summed E-state index contributed by atoms with van der Waals surface area (Å²) in [4.78, 5) is 0. The Kier molecular flexibility index (Phi) is 2.53. The molecule has 0 spiro atoms. The third-order valence-corrected chi connectivity index (χ3v) is 3.15. The highest BCUT2D eigenvalue weighted by atomic mass is 14.6. The van der Waals surface area contributed by atoms with Crippen LogP contribution in [0.5, 0.6) is 0 Å². The molecule has 0 saturated heterocycles. The molecule has 90 valence electrons. The van der Waals surface area contributed by atoms with Crippen LogP contribution in [0.25, 0.3) is 10.8 Å². The molecule has 0 aromatic heterocycles. The lowest BCUT2D eigenvalue weighted by Gasteiger charge is -2.24. The quantitative estimate of drug-likeness (QED) is 0.677. The van der Waals surface area contributed by atoms with E-state index in [4.69, 9.17) is 11.5 Å². The maximum atomic E-state index is 6.04. The van der Waals surface area contributed by atoms with Gasteiger partial charge in [0.05, 0.1) is 0 Å². The van der Waals surface area contributed by atoms with E-state index in [0.29, 0.717) is 0 Å². The van der Waals surface area contributed by atoms with Gasteiger partial charge in [-0.25, -0.2) is 0 Å². The largest absolute Gasteiger partial charge is 0.399 e. The first-order valence-electron chi connectivity index (χ1n) is 5.89. The molecule has 0 saturated carbocycles. The molecule has 0 fully saturated rings. The topological polar surface area (TPSA) is 52.0 Å². The van der Waals surface area contributed by atoms with E-state index >= 15 is 0 Å². The number of fused-ring (bicyclic) bond motifs is 1. The van der Waals surface area contributed by atoms with Crippen LogP contribution in [-0.4, -0.2) is 0 Å². The molecular weight excluding hydrogens is 208 g/mol. The normalized spacial score (nSPS) is 12.0. The molecule has 0 atom stereocenters. The van der Waals surface area contributed by atoms with Gasteiger partial charge in [-0.1, -0.05) is 32.9 Å². The lowest BCUT2D eigenvalue weighted by Crippen LogP contribution is -2.14. The zero-order valence-corrected chi connectivity index (χ0v) is 11.0. The molecule has 2 heteroatoms. The molecule has 0 bridgehead atoms. The summed E-state index contributed by atoms with van der Waals surface area (Å²) in [7, 11) is 0. The minimum Gasteiger partial charge on any atom is -0.399 e. The Morgan fingerprint density at radius 2 is 1.59 bits per heavy atom. The predicted molar refractivity (Wildman–Crippen MR) is 76.2 cm³/mol. The molecule has 0 amide bonds. The van der Waals surface area contributed by atoms with Gasteiger partial charge < -0.3 is 11.5 Å². The summed E-state index contributed by atoms with van der Waals surface area (Å²) in [5.74, 6) is 0. The van der Waals surface area contributed by atoms with Gasteiger partial charge in [-0.2, -0.15) is 0 Å². The van der Waals surface area contributed by atoms with Crippen molar-refractivity contribution in [3.63, 3.8) is 0 Å². The van der Waals surface area contributed by atoms with Crippen LogP contribution in [-0.2, 0) is 5.41 Å². The van der Waals surface area contributed by atoms with E-state index in [9.17, 15) is 0 Å². The fourth-order valence-electron chi connectivity index (χ4n) is 2.59. The highest BCUT2D eigenvalue weighted by Crippen LogP contribution is 2.36. The molecule has 0 aliphatic carbocycles. The summed E-state index contributed by atoms with van der Waals surface area (Å²) in [6, 6.07) is 8.06. The minimum atomic E-state index is 0.0871. The Balaban J connectivity index is 2.95. The SMILES string of the molecule is Cc1ccc2c(N)cc(N)cc2c1C(C)(C)C. The number of aryl methyl sites for hydroxylation is 1. The van der Waals surface area contributed by atoms with Gasteiger partial charge >= 0.3 is 0 Å². The third kappa shape index (κ3) is 1.95. The van der Waals surface area contributed by atoms with Crippen molar-refractivity contribution >= 4 is 22.1 Å². The number of benzene rings is 2. The first-order chi connectivity index (χ1) is 7.80. The second kappa shape index (κ2) is 3.66. The summed E-state index contributed by atoms with van der Waals surface area (Å²) in [6.07, 6.45) is 0. The van der Waals surface area contributed by atoms with Crippen molar-refractivity contribution in [2.45, 2.75) is 33.1 Å². The number of nitrogen functional groups attached to an aromatic ring is 2.